The van der Waals surface area contributed by atoms with Crippen LogP contribution < -0.4 is 15.4 Å². The van der Waals surface area contributed by atoms with Gasteiger partial charge < -0.3 is 20.0 Å². The van der Waals surface area contributed by atoms with Crippen LogP contribution in [0.5, 0.6) is 5.75 Å². The molecule has 2 atom stereocenters. The number of quaternary nitrogens is 1. The predicted octanol–water partition coefficient (Wildman–Crippen LogP) is 2.04. The van der Waals surface area contributed by atoms with Crippen LogP contribution in [0.1, 0.15) is 56.0 Å². The summed E-state index contributed by atoms with van der Waals surface area (Å²) in [6.45, 7) is 7.51. The van der Waals surface area contributed by atoms with Crippen molar-refractivity contribution in [3.8, 4) is 5.75 Å². The summed E-state index contributed by atoms with van der Waals surface area (Å²) in [6, 6.07) is 2.03. The first kappa shape index (κ1) is 27.0. The van der Waals surface area contributed by atoms with Gasteiger partial charge in [0.15, 0.2) is 6.04 Å². The Labute approximate surface area is 199 Å². The van der Waals surface area contributed by atoms with E-state index < -0.39 is 52.2 Å². The number of rotatable bonds is 8. The predicted molar refractivity (Wildman–Crippen MR) is 123 cm³/mol. The van der Waals surface area contributed by atoms with E-state index in [-0.39, 0.29) is 13.1 Å². The van der Waals surface area contributed by atoms with Gasteiger partial charge in [-0.25, -0.2) is 9.59 Å². The van der Waals surface area contributed by atoms with Crippen LogP contribution in [0, 0.1) is 12.3 Å². The highest BCUT2D eigenvalue weighted by Gasteiger charge is 2.53. The van der Waals surface area contributed by atoms with Gasteiger partial charge in [-0.3, -0.25) is 14.9 Å². The fourth-order valence-corrected chi connectivity index (χ4v) is 4.19. The second-order valence-electron chi connectivity index (χ2n) is 9.66. The molecule has 0 spiro atoms. The smallest absolute Gasteiger partial charge is 0.424 e. The highest BCUT2D eigenvalue weighted by atomic mass is 16.5. The number of carbonyl (C=O) groups excluding carboxylic acids is 4. The number of carboxylic acids is 1. The topological polar surface area (TPSA) is 139 Å². The third kappa shape index (κ3) is 5.80. The van der Waals surface area contributed by atoms with Crippen molar-refractivity contribution in [1.82, 2.24) is 10.6 Å². The number of benzene rings is 1. The zero-order valence-electron chi connectivity index (χ0n) is 20.3. The molecule has 0 radical (unpaired) electrons. The fourth-order valence-electron chi connectivity index (χ4n) is 4.19. The van der Waals surface area contributed by atoms with Crippen molar-refractivity contribution < 1.29 is 38.3 Å². The third-order valence-corrected chi connectivity index (χ3v) is 6.15. The lowest BCUT2D eigenvalue weighted by molar-refractivity contribution is -0.761. The van der Waals surface area contributed by atoms with Gasteiger partial charge >= 0.3 is 17.9 Å². The van der Waals surface area contributed by atoms with Gasteiger partial charge in [-0.05, 0) is 24.5 Å². The van der Waals surface area contributed by atoms with Gasteiger partial charge in [0.2, 0.25) is 0 Å². The zero-order valence-corrected chi connectivity index (χ0v) is 20.3. The van der Waals surface area contributed by atoms with Crippen molar-refractivity contribution in [1.29, 1.82) is 0 Å². The first-order valence-electron chi connectivity index (χ1n) is 11.2. The second kappa shape index (κ2) is 10.8. The summed E-state index contributed by atoms with van der Waals surface area (Å²) in [6.07, 6.45) is 0.961. The number of nitrogens with one attached hydrogen (secondary N) is 2. The minimum absolute atomic E-state index is 0.198. The number of amides is 4. The molecule has 0 aromatic heterocycles. The highest BCUT2D eigenvalue weighted by Crippen LogP contribution is 2.30. The maximum Gasteiger partial charge on any atom is 0.424 e. The Kier molecular flexibility index (Phi) is 8.55. The van der Waals surface area contributed by atoms with Crippen LogP contribution in [0.4, 0.5) is 4.79 Å². The molecule has 1 heterocycles. The number of hydrogen-bond donors (Lipinski definition) is 3. The van der Waals surface area contributed by atoms with E-state index in [4.69, 9.17) is 9.84 Å². The number of carboxylic acid groups (broad SMARTS) is 1. The van der Waals surface area contributed by atoms with Crippen molar-refractivity contribution in [2.45, 2.75) is 59.0 Å². The Morgan fingerprint density at radius 2 is 1.76 bits per heavy atom. The molecule has 3 N–H and O–H groups in total. The van der Waals surface area contributed by atoms with Gasteiger partial charge in [0.1, 0.15) is 18.1 Å². The number of carbonyl (C=O) groups is 5. The number of methoxy groups -OCH3 is 1. The van der Waals surface area contributed by atoms with E-state index in [9.17, 15) is 24.0 Å². The number of likely N-dealkylation sites (tertiary alicyclic amines) is 1. The first-order valence-corrected chi connectivity index (χ1v) is 11.2. The number of ether oxygens (including phenoxy) is 1. The molecule has 0 aliphatic carbocycles. The molecular formula is C24H34N3O7+. The lowest BCUT2D eigenvalue weighted by atomic mass is 9.85. The Morgan fingerprint density at radius 3 is 2.26 bits per heavy atom. The molecule has 4 amide bonds. The van der Waals surface area contributed by atoms with Gasteiger partial charge in [-0.1, -0.05) is 26.8 Å². The van der Waals surface area contributed by atoms with Gasteiger partial charge in [0.25, 0.3) is 5.91 Å². The number of hydrogen-bond acceptors (Lipinski definition) is 6. The van der Waals surface area contributed by atoms with Crippen molar-refractivity contribution in [3.05, 3.63) is 29.3 Å². The van der Waals surface area contributed by atoms with Crippen LogP contribution >= 0.6 is 0 Å². The van der Waals surface area contributed by atoms with Crippen LogP contribution in [0.2, 0.25) is 0 Å². The summed E-state index contributed by atoms with van der Waals surface area (Å²) in [5.41, 5.74) is 0.230. The summed E-state index contributed by atoms with van der Waals surface area (Å²) in [7, 11) is 1.50. The fraction of sp³-hybridized carbons (Fsp3) is 0.542. The third-order valence-electron chi connectivity index (χ3n) is 6.15. The Bertz CT molecular complexity index is 962. The van der Waals surface area contributed by atoms with Crippen LogP contribution in [-0.4, -0.2) is 72.0 Å². The maximum atomic E-state index is 13.9. The van der Waals surface area contributed by atoms with Gasteiger partial charge in [0.05, 0.1) is 26.6 Å². The van der Waals surface area contributed by atoms with Gasteiger partial charge in [0, 0.05) is 24.0 Å². The molecule has 1 saturated heterocycles. The molecule has 0 saturated carbocycles. The summed E-state index contributed by atoms with van der Waals surface area (Å²) in [5, 5.41) is 14.2. The number of aliphatic carboxylic acids is 1. The minimum Gasteiger partial charge on any atom is -0.496 e. The summed E-state index contributed by atoms with van der Waals surface area (Å²) >= 11 is 0. The molecule has 1 fully saturated rings. The zero-order chi connectivity index (χ0) is 25.7. The highest BCUT2D eigenvalue weighted by molar-refractivity contribution is 5.99. The molecule has 0 unspecified atom stereocenters. The molecule has 1 aromatic carbocycles. The number of aldehydes is 1. The molecule has 10 nitrogen and oxygen atoms in total. The van der Waals surface area contributed by atoms with Crippen LogP contribution in [-0.2, 0) is 14.4 Å². The van der Waals surface area contributed by atoms with Crippen LogP contribution in [0.3, 0.4) is 0 Å². The van der Waals surface area contributed by atoms with Crippen LogP contribution in [0.25, 0.3) is 0 Å². The number of imide groups is 1. The Morgan fingerprint density at radius 1 is 1.15 bits per heavy atom. The van der Waals surface area contributed by atoms with E-state index in [1.165, 1.54) is 7.11 Å². The summed E-state index contributed by atoms with van der Waals surface area (Å²) < 4.78 is 4.68. The summed E-state index contributed by atoms with van der Waals surface area (Å²) in [4.78, 5) is 62.6. The second-order valence-corrected chi connectivity index (χ2v) is 9.66. The van der Waals surface area contributed by atoms with E-state index in [1.54, 1.807) is 45.9 Å². The molecule has 34 heavy (non-hydrogen) atoms. The molecular weight excluding hydrogens is 442 g/mol. The lowest BCUT2D eigenvalue weighted by Gasteiger charge is -2.37. The summed E-state index contributed by atoms with van der Waals surface area (Å²) in [5.74, 6) is -1.69. The van der Waals surface area contributed by atoms with Gasteiger partial charge in [-0.2, -0.15) is 4.48 Å². The monoisotopic (exact) mass is 476 g/mol. The molecule has 0 bridgehead atoms. The van der Waals surface area contributed by atoms with Crippen molar-refractivity contribution in [2.75, 3.05) is 20.2 Å². The molecule has 1 aromatic rings. The van der Waals surface area contributed by atoms with E-state index in [2.05, 4.69) is 10.6 Å². The number of urea groups is 1. The lowest BCUT2D eigenvalue weighted by Crippen LogP contribution is -2.67. The maximum absolute atomic E-state index is 13.9. The molecule has 186 valence electrons. The average Bonchev–Trinajstić information content (AvgIpc) is 3.26. The largest absolute Gasteiger partial charge is 0.496 e. The van der Waals surface area contributed by atoms with Gasteiger partial charge in [-0.15, -0.1) is 0 Å². The Hall–Kier alpha value is -3.27. The SMILES string of the molecule is COc1cccc(C(=O)N[C@H](C(=O)[N+]2(C(=O)N[C@H](C=O)CC(=O)O)CCCC2)C(C)(C)C)c1C. The minimum atomic E-state index is -1.25. The molecule has 10 heteroatoms. The van der Waals surface area contributed by atoms with E-state index >= 15 is 0 Å². The van der Waals surface area contributed by atoms with Crippen molar-refractivity contribution in [2.24, 2.45) is 5.41 Å². The number of nitrogens with zero attached hydrogens (tertiary/aromatic N) is 1. The van der Waals surface area contributed by atoms with E-state index in [0.717, 1.165) is 0 Å². The van der Waals surface area contributed by atoms with Crippen LogP contribution in [0.15, 0.2) is 18.2 Å². The molecule has 2 rings (SSSR count). The van der Waals surface area contributed by atoms with Crippen molar-refractivity contribution >= 4 is 30.1 Å². The molecule has 1 aliphatic heterocycles. The Balaban J connectivity index is 2.38. The molecule has 1 aliphatic rings. The average molecular weight is 477 g/mol. The quantitative estimate of drug-likeness (QED) is 0.385. The van der Waals surface area contributed by atoms with E-state index in [0.29, 0.717) is 36.0 Å². The first-order chi connectivity index (χ1) is 15.9. The van der Waals surface area contributed by atoms with E-state index in [1.807, 2.05) is 0 Å². The standard InChI is InChI=1S/C24H33N3O7/c1-15-17(9-8-10-18(15)34-5)21(31)26-20(24(2,3)4)22(32)27(11-6-7-12-27)23(33)25-16(14-28)13-19(29)30/h8-10,14,16,20H,6-7,11-13H2,1-5H3,(H2-,25,26,29,30,31,33)/p+1/t16-,20+/m0/s1. The normalized spacial score (nSPS) is 16.7. The van der Waals surface area contributed by atoms with Crippen molar-refractivity contribution in [3.63, 3.8) is 0 Å².